The molecule has 0 bridgehead atoms. The summed E-state index contributed by atoms with van der Waals surface area (Å²) in [5.41, 5.74) is 11.9. The second kappa shape index (κ2) is 7.86. The van der Waals surface area contributed by atoms with Crippen molar-refractivity contribution in [2.45, 2.75) is 38.1 Å². The zero-order chi connectivity index (χ0) is 21.7. The maximum atomic E-state index is 10.3. The molecule has 3 aliphatic heterocycles. The quantitative estimate of drug-likeness (QED) is 0.413. The molecule has 0 spiro atoms. The molecule has 166 valence electrons. The number of para-hydroxylation sites is 1. The van der Waals surface area contributed by atoms with Crippen LogP contribution in [0.25, 0.3) is 11.8 Å². The smallest absolute Gasteiger partial charge is 0.186 e. The van der Waals surface area contributed by atoms with Gasteiger partial charge < -0.3 is 20.3 Å². The summed E-state index contributed by atoms with van der Waals surface area (Å²) in [6.45, 7) is 5.43. The Morgan fingerprint density at radius 1 is 1.16 bits per heavy atom. The van der Waals surface area contributed by atoms with Gasteiger partial charge in [-0.2, -0.15) is 0 Å². The van der Waals surface area contributed by atoms with E-state index in [-0.39, 0.29) is 11.8 Å². The highest BCUT2D eigenvalue weighted by Crippen LogP contribution is 2.43. The van der Waals surface area contributed by atoms with Gasteiger partial charge in [-0.3, -0.25) is 10.9 Å². The second-order valence-electron chi connectivity index (χ2n) is 8.82. The average Bonchev–Trinajstić information content (AvgIpc) is 3.45. The standard InChI is InChI=1S/C24H28N6OS/c1-14-22-17-12-19(16-4-2-3-5-20(16)31)28-29-23(17)27-18(22)8-11-30(14)24-26-13-21(32-24)15-6-9-25-10-7-15/h2-5,12-15,25,27-29,31H,6-11H2,1H3/t14-/m1/s1. The van der Waals surface area contributed by atoms with Gasteiger partial charge in [0.1, 0.15) is 11.6 Å². The lowest BCUT2D eigenvalue weighted by Crippen LogP contribution is -2.34. The molecule has 1 aromatic carbocycles. The highest BCUT2D eigenvalue weighted by Gasteiger charge is 2.33. The number of hydrogen-bond donors (Lipinski definition) is 5. The van der Waals surface area contributed by atoms with Gasteiger partial charge in [0, 0.05) is 46.4 Å². The third-order valence-electron chi connectivity index (χ3n) is 6.95. The Morgan fingerprint density at radius 3 is 2.84 bits per heavy atom. The number of nitrogens with one attached hydrogen (secondary N) is 4. The summed E-state index contributed by atoms with van der Waals surface area (Å²) in [5.74, 6) is 1.89. The van der Waals surface area contributed by atoms with Crippen molar-refractivity contribution in [1.29, 1.82) is 0 Å². The van der Waals surface area contributed by atoms with Crippen molar-refractivity contribution < 1.29 is 5.11 Å². The number of anilines is 2. The van der Waals surface area contributed by atoms with Gasteiger partial charge >= 0.3 is 0 Å². The van der Waals surface area contributed by atoms with Gasteiger partial charge in [-0.05, 0) is 57.0 Å². The lowest BCUT2D eigenvalue weighted by atomic mass is 9.95. The molecule has 8 heteroatoms. The van der Waals surface area contributed by atoms with Crippen molar-refractivity contribution >= 4 is 34.1 Å². The number of thiazole rings is 1. The molecule has 0 unspecified atom stereocenters. The summed E-state index contributed by atoms with van der Waals surface area (Å²) in [5, 5.41) is 14.9. The van der Waals surface area contributed by atoms with Crippen LogP contribution in [0.15, 0.2) is 30.5 Å². The van der Waals surface area contributed by atoms with Crippen molar-refractivity contribution in [3.8, 4) is 5.75 Å². The molecule has 2 aromatic heterocycles. The first-order valence-corrected chi connectivity index (χ1v) is 12.2. The van der Waals surface area contributed by atoms with Gasteiger partial charge in [0.2, 0.25) is 0 Å². The van der Waals surface area contributed by atoms with Crippen LogP contribution in [0.1, 0.15) is 59.0 Å². The number of phenolic OH excluding ortho intramolecular Hbond substituents is 1. The number of H-pyrrole nitrogens is 1. The topological polar surface area (TPSA) is 88.2 Å². The largest absolute Gasteiger partial charge is 0.507 e. The number of aromatic nitrogens is 2. The molecule has 32 heavy (non-hydrogen) atoms. The Morgan fingerprint density at radius 2 is 2.00 bits per heavy atom. The minimum absolute atomic E-state index is 0.215. The summed E-state index contributed by atoms with van der Waals surface area (Å²) in [7, 11) is 0. The van der Waals surface area contributed by atoms with Gasteiger partial charge in [-0.1, -0.05) is 12.1 Å². The SMILES string of the molecule is C[C@@H]1c2c([nH]c3c2C=C(c2ccccc2O)NN3)CCN1c1ncc(C2CCNCC2)s1. The molecule has 1 saturated heterocycles. The average molecular weight is 449 g/mol. The van der Waals surface area contributed by atoms with E-state index in [9.17, 15) is 5.11 Å². The number of nitrogens with zero attached hydrogens (tertiary/aromatic N) is 2. The highest BCUT2D eigenvalue weighted by molar-refractivity contribution is 7.15. The second-order valence-corrected chi connectivity index (χ2v) is 9.86. The van der Waals surface area contributed by atoms with Crippen LogP contribution in [-0.4, -0.2) is 34.7 Å². The zero-order valence-corrected chi connectivity index (χ0v) is 18.9. The molecule has 0 radical (unpaired) electrons. The third-order valence-corrected chi connectivity index (χ3v) is 8.15. The minimum atomic E-state index is 0.215. The summed E-state index contributed by atoms with van der Waals surface area (Å²) in [6, 6.07) is 7.63. The normalized spacial score (nSPS) is 20.7. The Bertz CT molecular complexity index is 1180. The third kappa shape index (κ3) is 3.25. The number of aromatic amines is 1. The van der Waals surface area contributed by atoms with E-state index in [1.165, 1.54) is 29.0 Å². The van der Waals surface area contributed by atoms with Crippen molar-refractivity contribution in [3.63, 3.8) is 0 Å². The van der Waals surface area contributed by atoms with Crippen molar-refractivity contribution in [1.82, 2.24) is 20.7 Å². The van der Waals surface area contributed by atoms with Crippen molar-refractivity contribution in [2.75, 3.05) is 30.0 Å². The molecule has 1 fully saturated rings. The monoisotopic (exact) mass is 448 g/mol. The number of piperidine rings is 1. The van der Waals surface area contributed by atoms with E-state index in [0.717, 1.165) is 53.8 Å². The summed E-state index contributed by atoms with van der Waals surface area (Å²) < 4.78 is 0. The van der Waals surface area contributed by atoms with Crippen LogP contribution in [0.3, 0.4) is 0 Å². The van der Waals surface area contributed by atoms with E-state index < -0.39 is 0 Å². The lowest BCUT2D eigenvalue weighted by molar-refractivity contribution is 0.465. The van der Waals surface area contributed by atoms with E-state index >= 15 is 0 Å². The first-order chi connectivity index (χ1) is 15.7. The van der Waals surface area contributed by atoms with Crippen molar-refractivity contribution in [3.05, 3.63) is 57.7 Å². The summed E-state index contributed by atoms with van der Waals surface area (Å²) >= 11 is 1.86. The van der Waals surface area contributed by atoms with Crippen LogP contribution in [0.2, 0.25) is 0 Å². The Balaban J connectivity index is 1.32. The lowest BCUT2D eigenvalue weighted by Gasteiger charge is -2.34. The van der Waals surface area contributed by atoms with Gasteiger partial charge in [0.15, 0.2) is 5.13 Å². The first kappa shape index (κ1) is 19.7. The number of phenols is 1. The van der Waals surface area contributed by atoms with Crippen LogP contribution < -0.4 is 21.1 Å². The van der Waals surface area contributed by atoms with Crippen LogP contribution >= 0.6 is 11.3 Å². The fourth-order valence-electron chi connectivity index (χ4n) is 5.21. The van der Waals surface area contributed by atoms with E-state index in [0.29, 0.717) is 5.92 Å². The van der Waals surface area contributed by atoms with E-state index in [4.69, 9.17) is 4.98 Å². The Hall–Kier alpha value is -2.97. The molecule has 5 heterocycles. The van der Waals surface area contributed by atoms with Gasteiger partial charge in [0.25, 0.3) is 0 Å². The van der Waals surface area contributed by atoms with E-state index in [1.807, 2.05) is 29.5 Å². The summed E-state index contributed by atoms with van der Waals surface area (Å²) in [6.07, 6.45) is 7.60. The van der Waals surface area contributed by atoms with Crippen LogP contribution in [0.4, 0.5) is 10.9 Å². The Kier molecular flexibility index (Phi) is 4.84. The molecule has 7 nitrogen and oxygen atoms in total. The number of rotatable bonds is 3. The Labute approximate surface area is 191 Å². The molecule has 5 N–H and O–H groups in total. The number of hydrogen-bond acceptors (Lipinski definition) is 7. The van der Waals surface area contributed by atoms with E-state index in [2.05, 4.69) is 45.2 Å². The molecule has 6 rings (SSSR count). The molecular weight excluding hydrogens is 420 g/mol. The van der Waals surface area contributed by atoms with E-state index in [1.54, 1.807) is 6.07 Å². The molecule has 0 saturated carbocycles. The zero-order valence-electron chi connectivity index (χ0n) is 18.1. The van der Waals surface area contributed by atoms with Gasteiger partial charge in [0.05, 0.1) is 11.7 Å². The summed E-state index contributed by atoms with van der Waals surface area (Å²) in [4.78, 5) is 12.3. The molecule has 1 atom stereocenters. The first-order valence-electron chi connectivity index (χ1n) is 11.4. The number of benzene rings is 1. The maximum absolute atomic E-state index is 10.3. The molecule has 3 aliphatic rings. The van der Waals surface area contributed by atoms with Gasteiger partial charge in [-0.15, -0.1) is 11.3 Å². The molecule has 3 aromatic rings. The number of hydrazine groups is 1. The van der Waals surface area contributed by atoms with Gasteiger partial charge in [-0.25, -0.2) is 4.98 Å². The number of aromatic hydroxyl groups is 1. The predicted molar refractivity (Wildman–Crippen MR) is 130 cm³/mol. The molecule has 0 aliphatic carbocycles. The maximum Gasteiger partial charge on any atom is 0.186 e. The van der Waals surface area contributed by atoms with Crippen molar-refractivity contribution in [2.24, 2.45) is 0 Å². The van der Waals surface area contributed by atoms with Crippen LogP contribution in [0, 0.1) is 0 Å². The molecular formula is C24H28N6OS. The fraction of sp³-hybridized carbons (Fsp3) is 0.375. The number of fused-ring (bicyclic) bond motifs is 3. The van der Waals surface area contributed by atoms with Crippen LogP contribution in [-0.2, 0) is 6.42 Å². The molecule has 0 amide bonds. The fourth-order valence-corrected chi connectivity index (χ4v) is 6.40. The minimum Gasteiger partial charge on any atom is -0.507 e. The van der Waals surface area contributed by atoms with Crippen LogP contribution in [0.5, 0.6) is 5.75 Å². The predicted octanol–water partition coefficient (Wildman–Crippen LogP) is 4.20. The highest BCUT2D eigenvalue weighted by atomic mass is 32.1.